The summed E-state index contributed by atoms with van der Waals surface area (Å²) < 4.78 is 0. The fourth-order valence-electron chi connectivity index (χ4n) is 0.898. The van der Waals surface area contributed by atoms with Gasteiger partial charge in [0, 0.05) is 6.54 Å². The van der Waals surface area contributed by atoms with Gasteiger partial charge < -0.3 is 11.1 Å². The van der Waals surface area contributed by atoms with Crippen molar-refractivity contribution in [3.63, 3.8) is 0 Å². The van der Waals surface area contributed by atoms with Crippen LogP contribution in [0.2, 0.25) is 0 Å². The summed E-state index contributed by atoms with van der Waals surface area (Å²) in [7, 11) is 0. The Morgan fingerprint density at radius 3 is 2.79 bits per heavy atom. The van der Waals surface area contributed by atoms with Crippen LogP contribution in [0.15, 0.2) is 40.5 Å². The van der Waals surface area contributed by atoms with E-state index in [2.05, 4.69) is 32.9 Å². The molecule has 0 aliphatic heterocycles. The number of benzene rings is 1. The molecule has 0 atom stereocenters. The molecule has 1 aromatic rings. The molecule has 1 aromatic carbocycles. The molecule has 72 valence electrons. The Labute approximate surface area is 87.5 Å². The summed E-state index contributed by atoms with van der Waals surface area (Å²) in [5.41, 5.74) is 6.59. The van der Waals surface area contributed by atoms with Gasteiger partial charge in [-0.3, -0.25) is 0 Å². The van der Waals surface area contributed by atoms with Crippen molar-refractivity contribution in [2.75, 3.05) is 0 Å². The molecule has 0 saturated heterocycles. The van der Waals surface area contributed by atoms with Crippen LogP contribution in [0.25, 0.3) is 0 Å². The van der Waals surface area contributed by atoms with E-state index in [9.17, 15) is 0 Å². The molecule has 0 spiro atoms. The standard InChI is InChI=1S/C9H10N4S/c10-9(13-12-7-14)11-6-8-4-2-1-3-5-8/h1-5H,6H2,(H3,10,11,13). The number of thiocarbonyl (C=S) groups is 1. The molecule has 0 heterocycles. The molecule has 0 aliphatic carbocycles. The highest BCUT2D eigenvalue weighted by Gasteiger charge is 1.91. The lowest BCUT2D eigenvalue weighted by molar-refractivity contribution is 0.895. The topological polar surface area (TPSA) is 62.8 Å². The van der Waals surface area contributed by atoms with Crippen molar-refractivity contribution < 1.29 is 0 Å². The van der Waals surface area contributed by atoms with Crippen LogP contribution >= 0.6 is 12.2 Å². The lowest BCUT2D eigenvalue weighted by Gasteiger charge is -2.02. The third-order valence-electron chi connectivity index (χ3n) is 1.52. The second kappa shape index (κ2) is 5.85. The number of hydrogen-bond donors (Lipinski definition) is 2. The molecule has 0 amide bonds. The average molecular weight is 206 g/mol. The molecule has 0 bridgehead atoms. The molecule has 5 heteroatoms. The quantitative estimate of drug-likeness (QED) is 0.337. The largest absolute Gasteiger partial charge is 0.368 e. The first kappa shape index (κ1) is 10.4. The Hall–Kier alpha value is -1.71. The van der Waals surface area contributed by atoms with Gasteiger partial charge in [-0.25, -0.2) is 0 Å². The van der Waals surface area contributed by atoms with Crippen LogP contribution in [0.4, 0.5) is 0 Å². The molecular formula is C9H10N4S. The Balaban J connectivity index is 2.45. The van der Waals surface area contributed by atoms with Crippen LogP contribution in [0.5, 0.6) is 0 Å². The van der Waals surface area contributed by atoms with E-state index in [4.69, 9.17) is 5.73 Å². The summed E-state index contributed by atoms with van der Waals surface area (Å²) >= 11 is 4.34. The van der Waals surface area contributed by atoms with E-state index in [-0.39, 0.29) is 5.96 Å². The lowest BCUT2D eigenvalue weighted by atomic mass is 10.2. The predicted octanol–water partition coefficient (Wildman–Crippen LogP) is 1.11. The third-order valence-corrected chi connectivity index (χ3v) is 1.60. The van der Waals surface area contributed by atoms with Gasteiger partial charge in [-0.05, 0) is 17.8 Å². The Bertz CT molecular complexity index is 354. The maximum atomic E-state index is 5.47. The van der Waals surface area contributed by atoms with Gasteiger partial charge >= 0.3 is 0 Å². The predicted molar refractivity (Wildman–Crippen MR) is 59.9 cm³/mol. The normalized spacial score (nSPS) is 10.4. The Kier molecular flexibility index (Phi) is 4.34. The van der Waals surface area contributed by atoms with Gasteiger partial charge in [0.2, 0.25) is 5.96 Å². The zero-order valence-electron chi connectivity index (χ0n) is 7.47. The summed E-state index contributed by atoms with van der Waals surface area (Å²) in [6.45, 7) is 0.614. The fraction of sp³-hybridized carbons (Fsp3) is 0.111. The summed E-state index contributed by atoms with van der Waals surface area (Å²) in [6.07, 6.45) is 0. The molecule has 3 N–H and O–H groups in total. The molecule has 0 aromatic heterocycles. The number of nitrogens with zero attached hydrogens (tertiary/aromatic N) is 2. The minimum Gasteiger partial charge on any atom is -0.368 e. The monoisotopic (exact) mass is 206 g/mol. The van der Waals surface area contributed by atoms with Crippen LogP contribution in [0, 0.1) is 0 Å². The first-order valence-electron chi connectivity index (χ1n) is 4.01. The maximum absolute atomic E-state index is 5.47. The van der Waals surface area contributed by atoms with Crippen molar-refractivity contribution in [1.82, 2.24) is 5.32 Å². The van der Waals surface area contributed by atoms with E-state index >= 15 is 0 Å². The highest BCUT2D eigenvalue weighted by molar-refractivity contribution is 7.78. The maximum Gasteiger partial charge on any atom is 0.214 e. The van der Waals surface area contributed by atoms with Crippen LogP contribution in [-0.4, -0.2) is 11.1 Å². The van der Waals surface area contributed by atoms with Crippen molar-refractivity contribution >= 4 is 23.3 Å². The van der Waals surface area contributed by atoms with E-state index < -0.39 is 0 Å². The van der Waals surface area contributed by atoms with Crippen LogP contribution in [0.1, 0.15) is 5.56 Å². The minimum atomic E-state index is 0.228. The van der Waals surface area contributed by atoms with Crippen molar-refractivity contribution in [3.8, 4) is 0 Å². The summed E-state index contributed by atoms with van der Waals surface area (Å²) in [6, 6.07) is 9.85. The molecule has 1 rings (SSSR count). The van der Waals surface area contributed by atoms with Crippen LogP contribution < -0.4 is 11.1 Å². The van der Waals surface area contributed by atoms with E-state index in [0.717, 1.165) is 5.56 Å². The van der Waals surface area contributed by atoms with Gasteiger partial charge in [-0.1, -0.05) is 35.4 Å². The number of rotatable bonds is 3. The first-order valence-corrected chi connectivity index (χ1v) is 4.42. The van der Waals surface area contributed by atoms with Gasteiger partial charge in [0.1, 0.15) is 0 Å². The number of isothiocyanates is 1. The van der Waals surface area contributed by atoms with E-state index in [1.54, 1.807) is 0 Å². The van der Waals surface area contributed by atoms with Crippen LogP contribution in [0.3, 0.4) is 0 Å². The molecule has 0 unspecified atom stereocenters. The van der Waals surface area contributed by atoms with Crippen molar-refractivity contribution in [3.05, 3.63) is 35.9 Å². The molecular weight excluding hydrogens is 196 g/mol. The van der Waals surface area contributed by atoms with E-state index in [0.29, 0.717) is 6.54 Å². The SMILES string of the molecule is NC(=NN=C=S)NCc1ccccc1. The molecule has 0 saturated carbocycles. The second-order valence-electron chi connectivity index (χ2n) is 2.52. The zero-order valence-corrected chi connectivity index (χ0v) is 8.29. The van der Waals surface area contributed by atoms with Gasteiger partial charge in [0.05, 0.1) is 5.16 Å². The molecule has 0 fully saturated rings. The minimum absolute atomic E-state index is 0.228. The van der Waals surface area contributed by atoms with Gasteiger partial charge in [0.25, 0.3) is 0 Å². The number of nitrogens with one attached hydrogen (secondary N) is 1. The van der Waals surface area contributed by atoms with Gasteiger partial charge in [0.15, 0.2) is 0 Å². The van der Waals surface area contributed by atoms with Gasteiger partial charge in [-0.2, -0.15) is 0 Å². The fourth-order valence-corrected chi connectivity index (χ4v) is 0.939. The first-order chi connectivity index (χ1) is 6.83. The number of hydrogen-bond acceptors (Lipinski definition) is 3. The van der Waals surface area contributed by atoms with Crippen molar-refractivity contribution in [1.29, 1.82) is 0 Å². The van der Waals surface area contributed by atoms with Crippen molar-refractivity contribution in [2.45, 2.75) is 6.54 Å². The van der Waals surface area contributed by atoms with E-state index in [1.807, 2.05) is 30.3 Å². The zero-order chi connectivity index (χ0) is 10.2. The average Bonchev–Trinajstić information content (AvgIpc) is 2.25. The highest BCUT2D eigenvalue weighted by Crippen LogP contribution is 1.96. The third kappa shape index (κ3) is 3.80. The lowest BCUT2D eigenvalue weighted by Crippen LogP contribution is -2.30. The summed E-state index contributed by atoms with van der Waals surface area (Å²) in [5.74, 6) is 0.228. The number of nitrogens with two attached hydrogens (primary N) is 1. The molecule has 0 aliphatic rings. The summed E-state index contributed by atoms with van der Waals surface area (Å²) in [5, 5.41) is 11.9. The molecule has 0 radical (unpaired) electrons. The molecule has 4 nitrogen and oxygen atoms in total. The van der Waals surface area contributed by atoms with Gasteiger partial charge in [-0.15, -0.1) is 5.10 Å². The van der Waals surface area contributed by atoms with Crippen LogP contribution in [-0.2, 0) is 6.54 Å². The number of guanidine groups is 1. The van der Waals surface area contributed by atoms with Crippen molar-refractivity contribution in [2.24, 2.45) is 15.9 Å². The molecule has 14 heavy (non-hydrogen) atoms. The summed E-state index contributed by atoms with van der Waals surface area (Å²) in [4.78, 5) is 0. The van der Waals surface area contributed by atoms with E-state index in [1.165, 1.54) is 0 Å². The second-order valence-corrected chi connectivity index (χ2v) is 2.70. The smallest absolute Gasteiger partial charge is 0.214 e. The Morgan fingerprint density at radius 2 is 2.14 bits per heavy atom. The highest BCUT2D eigenvalue weighted by atomic mass is 32.1. The Morgan fingerprint density at radius 1 is 1.43 bits per heavy atom.